The number of ketones is 1. The Bertz CT molecular complexity index is 521. The van der Waals surface area contributed by atoms with Crippen LogP contribution in [-0.2, 0) is 10.0 Å². The summed E-state index contributed by atoms with van der Waals surface area (Å²) < 4.78 is 24.5. The largest absolute Gasteiger partial charge is 0.294 e. The summed E-state index contributed by atoms with van der Waals surface area (Å²) in [6.45, 7) is 2.16. The summed E-state index contributed by atoms with van der Waals surface area (Å²) >= 11 is 0. The maximum atomic E-state index is 11.9. The van der Waals surface area contributed by atoms with Crippen LogP contribution in [-0.4, -0.2) is 20.5 Å². The normalized spacial score (nSPS) is 11.3. The lowest BCUT2D eigenvalue weighted by Gasteiger charge is -2.05. The number of hydrogen-bond donors (Lipinski definition) is 1. The van der Waals surface area contributed by atoms with Crippen molar-refractivity contribution >= 4 is 21.5 Å². The van der Waals surface area contributed by atoms with Gasteiger partial charge in [0.2, 0.25) is 10.0 Å². The Balaban J connectivity index is 2.45. The van der Waals surface area contributed by atoms with Crippen molar-refractivity contribution < 1.29 is 13.2 Å². The minimum Gasteiger partial charge on any atom is -0.294 e. The van der Waals surface area contributed by atoms with Gasteiger partial charge in [-0.3, -0.25) is 9.52 Å². The molecule has 0 fully saturated rings. The first-order valence-corrected chi connectivity index (χ1v) is 8.92. The second kappa shape index (κ2) is 8.04. The molecule has 0 aliphatic rings. The zero-order valence-electron chi connectivity index (χ0n) is 12.2. The highest BCUT2D eigenvalue weighted by molar-refractivity contribution is 7.92. The first kappa shape index (κ1) is 16.7. The number of anilines is 1. The van der Waals surface area contributed by atoms with Gasteiger partial charge in [0, 0.05) is 17.7 Å². The zero-order chi connectivity index (χ0) is 15.0. The number of benzene rings is 1. The molecule has 0 atom stereocenters. The van der Waals surface area contributed by atoms with Crippen LogP contribution in [0.15, 0.2) is 24.3 Å². The first-order valence-electron chi connectivity index (χ1n) is 7.03. The van der Waals surface area contributed by atoms with Gasteiger partial charge >= 0.3 is 0 Å². The zero-order valence-corrected chi connectivity index (χ0v) is 13.0. The maximum Gasteiger partial charge on any atom is 0.229 e. The van der Waals surface area contributed by atoms with Crippen LogP contribution >= 0.6 is 0 Å². The summed E-state index contributed by atoms with van der Waals surface area (Å²) in [6, 6.07) is 6.57. The molecular formula is C15H23NO3S. The minimum absolute atomic E-state index is 0.118. The highest BCUT2D eigenvalue weighted by Gasteiger charge is 2.07. The monoisotopic (exact) mass is 297 g/mol. The number of nitrogens with one attached hydrogen (secondary N) is 1. The van der Waals surface area contributed by atoms with Crippen LogP contribution in [0.1, 0.15) is 55.8 Å². The quantitative estimate of drug-likeness (QED) is 0.559. The molecule has 112 valence electrons. The molecule has 0 aromatic heterocycles. The molecule has 0 aliphatic heterocycles. The van der Waals surface area contributed by atoms with Gasteiger partial charge in [-0.25, -0.2) is 8.42 Å². The Morgan fingerprint density at radius 2 is 1.65 bits per heavy atom. The Labute approximate surface area is 121 Å². The van der Waals surface area contributed by atoms with Gasteiger partial charge in [-0.1, -0.05) is 32.6 Å². The van der Waals surface area contributed by atoms with Crippen molar-refractivity contribution in [2.75, 3.05) is 11.0 Å². The van der Waals surface area contributed by atoms with E-state index in [4.69, 9.17) is 0 Å². The van der Waals surface area contributed by atoms with E-state index >= 15 is 0 Å². The van der Waals surface area contributed by atoms with Crippen LogP contribution in [0.5, 0.6) is 0 Å². The van der Waals surface area contributed by atoms with Gasteiger partial charge in [0.05, 0.1) is 6.26 Å². The first-order chi connectivity index (χ1) is 9.42. The van der Waals surface area contributed by atoms with Crippen molar-refractivity contribution in [3.8, 4) is 0 Å². The van der Waals surface area contributed by atoms with Gasteiger partial charge in [-0.15, -0.1) is 0 Å². The van der Waals surface area contributed by atoms with Crippen molar-refractivity contribution in [1.82, 2.24) is 0 Å². The van der Waals surface area contributed by atoms with Crippen molar-refractivity contribution in [2.45, 2.75) is 45.4 Å². The summed E-state index contributed by atoms with van der Waals surface area (Å²) in [5.41, 5.74) is 1.12. The summed E-state index contributed by atoms with van der Waals surface area (Å²) in [5, 5.41) is 0. The average Bonchev–Trinajstić information content (AvgIpc) is 2.37. The topological polar surface area (TPSA) is 63.2 Å². The Morgan fingerprint density at radius 3 is 2.20 bits per heavy atom. The summed E-state index contributed by atoms with van der Waals surface area (Å²) in [4.78, 5) is 11.9. The van der Waals surface area contributed by atoms with E-state index in [-0.39, 0.29) is 5.78 Å². The van der Waals surface area contributed by atoms with Gasteiger partial charge in [0.15, 0.2) is 5.78 Å². The van der Waals surface area contributed by atoms with Gasteiger partial charge in [-0.2, -0.15) is 0 Å². The third-order valence-electron chi connectivity index (χ3n) is 3.02. The van der Waals surface area contributed by atoms with E-state index in [9.17, 15) is 13.2 Å². The Kier molecular flexibility index (Phi) is 6.71. The van der Waals surface area contributed by atoms with Crippen LogP contribution in [0.3, 0.4) is 0 Å². The molecule has 1 aromatic carbocycles. The highest BCUT2D eigenvalue weighted by atomic mass is 32.2. The molecule has 0 saturated heterocycles. The van der Waals surface area contributed by atoms with E-state index in [0.29, 0.717) is 17.7 Å². The van der Waals surface area contributed by atoms with Crippen LogP contribution < -0.4 is 4.72 Å². The number of rotatable bonds is 9. The SMILES string of the molecule is CCCCCCCC(=O)c1ccc(NS(C)(=O)=O)cc1. The molecule has 0 spiro atoms. The molecule has 1 aromatic rings. The fourth-order valence-electron chi connectivity index (χ4n) is 1.97. The Hall–Kier alpha value is -1.36. The van der Waals surface area contributed by atoms with E-state index in [1.807, 2.05) is 0 Å². The summed E-state index contributed by atoms with van der Waals surface area (Å²) in [5.74, 6) is 0.118. The van der Waals surface area contributed by atoms with Crippen LogP contribution in [0.2, 0.25) is 0 Å². The number of carbonyl (C=O) groups excluding carboxylic acids is 1. The lowest BCUT2D eigenvalue weighted by Crippen LogP contribution is -2.09. The van der Waals surface area contributed by atoms with Crippen molar-refractivity contribution in [2.24, 2.45) is 0 Å². The second-order valence-corrected chi connectivity index (χ2v) is 6.79. The van der Waals surface area contributed by atoms with Crippen molar-refractivity contribution in [3.63, 3.8) is 0 Å². The maximum absolute atomic E-state index is 11.9. The minimum atomic E-state index is -3.27. The molecule has 20 heavy (non-hydrogen) atoms. The standard InChI is InChI=1S/C15H23NO3S/c1-3-4-5-6-7-8-15(17)13-9-11-14(12-10-13)16-20(2,18)19/h9-12,16H,3-8H2,1-2H3. The van der Waals surface area contributed by atoms with Crippen molar-refractivity contribution in [3.05, 3.63) is 29.8 Å². The van der Waals surface area contributed by atoms with Crippen LogP contribution in [0, 0.1) is 0 Å². The predicted octanol–water partition coefficient (Wildman–Crippen LogP) is 3.60. The van der Waals surface area contributed by atoms with E-state index in [1.165, 1.54) is 19.3 Å². The molecule has 0 bridgehead atoms. The van der Waals surface area contributed by atoms with Crippen molar-refractivity contribution in [1.29, 1.82) is 0 Å². The van der Waals surface area contributed by atoms with E-state index in [2.05, 4.69) is 11.6 Å². The van der Waals surface area contributed by atoms with E-state index in [1.54, 1.807) is 24.3 Å². The lowest BCUT2D eigenvalue weighted by molar-refractivity contribution is 0.0979. The fraction of sp³-hybridized carbons (Fsp3) is 0.533. The smallest absolute Gasteiger partial charge is 0.229 e. The lowest BCUT2D eigenvalue weighted by atomic mass is 10.0. The number of Topliss-reactive ketones (excluding diaryl/α,β-unsaturated/α-hetero) is 1. The molecule has 0 aliphatic carbocycles. The molecule has 0 amide bonds. The molecule has 5 heteroatoms. The van der Waals surface area contributed by atoms with Gasteiger partial charge < -0.3 is 0 Å². The molecule has 0 unspecified atom stereocenters. The highest BCUT2D eigenvalue weighted by Crippen LogP contribution is 2.14. The summed E-state index contributed by atoms with van der Waals surface area (Å²) in [7, 11) is -3.27. The third-order valence-corrected chi connectivity index (χ3v) is 3.62. The average molecular weight is 297 g/mol. The van der Waals surface area contributed by atoms with Crippen LogP contribution in [0.4, 0.5) is 5.69 Å². The molecule has 4 nitrogen and oxygen atoms in total. The van der Waals surface area contributed by atoms with Gasteiger partial charge in [0.1, 0.15) is 0 Å². The molecule has 1 N–H and O–H groups in total. The predicted molar refractivity (Wildman–Crippen MR) is 82.6 cm³/mol. The second-order valence-electron chi connectivity index (χ2n) is 5.04. The molecule has 0 radical (unpaired) electrons. The van der Waals surface area contributed by atoms with Gasteiger partial charge in [0.25, 0.3) is 0 Å². The molecule has 1 rings (SSSR count). The third kappa shape index (κ3) is 6.70. The van der Waals surface area contributed by atoms with Gasteiger partial charge in [-0.05, 0) is 30.7 Å². The molecular weight excluding hydrogens is 274 g/mol. The van der Waals surface area contributed by atoms with E-state index in [0.717, 1.165) is 19.1 Å². The Morgan fingerprint density at radius 1 is 1.05 bits per heavy atom. The molecule has 0 saturated carbocycles. The summed E-state index contributed by atoms with van der Waals surface area (Å²) in [6.07, 6.45) is 7.27. The number of sulfonamides is 1. The number of carbonyl (C=O) groups is 1. The fourth-order valence-corrected chi connectivity index (χ4v) is 2.54. The number of hydrogen-bond acceptors (Lipinski definition) is 3. The van der Waals surface area contributed by atoms with E-state index < -0.39 is 10.0 Å². The number of unbranched alkanes of at least 4 members (excludes halogenated alkanes) is 4. The van der Waals surface area contributed by atoms with Crippen LogP contribution in [0.25, 0.3) is 0 Å². The molecule has 0 heterocycles.